The van der Waals surface area contributed by atoms with Gasteiger partial charge in [-0.1, -0.05) is 19.9 Å². The van der Waals surface area contributed by atoms with Crippen molar-refractivity contribution in [2.45, 2.75) is 13.8 Å². The van der Waals surface area contributed by atoms with Gasteiger partial charge in [0.25, 0.3) is 0 Å². The van der Waals surface area contributed by atoms with Crippen LogP contribution in [0.2, 0.25) is 0 Å². The molecule has 0 aliphatic heterocycles. The Balaban J connectivity index is 2.32. The lowest BCUT2D eigenvalue weighted by Crippen LogP contribution is -2.18. The third-order valence-corrected chi connectivity index (χ3v) is 2.89. The van der Waals surface area contributed by atoms with Crippen molar-refractivity contribution in [1.82, 2.24) is 9.97 Å². The Labute approximate surface area is 134 Å². The summed E-state index contributed by atoms with van der Waals surface area (Å²) >= 11 is 0. The van der Waals surface area contributed by atoms with E-state index in [2.05, 4.69) is 27.2 Å². The van der Waals surface area contributed by atoms with Crippen LogP contribution in [0.5, 0.6) is 0 Å². The van der Waals surface area contributed by atoms with Crippen LogP contribution < -0.4 is 16.4 Å². The van der Waals surface area contributed by atoms with Crippen LogP contribution in [0.25, 0.3) is 10.9 Å². The first-order valence-electron chi connectivity index (χ1n) is 7.35. The number of nitrogen functional groups attached to an aromatic ring is 1. The van der Waals surface area contributed by atoms with E-state index in [0.717, 1.165) is 0 Å². The number of anilines is 3. The molecule has 0 saturated heterocycles. The second-order valence-corrected chi connectivity index (χ2v) is 5.46. The SMILES string of the molecule is C=CCNc1nc(NC(=O)OCC(C)C)c2cc(N)ccc2n1. The highest BCUT2D eigenvalue weighted by atomic mass is 16.5. The fourth-order valence-electron chi connectivity index (χ4n) is 1.86. The number of hydrogen-bond donors (Lipinski definition) is 3. The highest BCUT2D eigenvalue weighted by Crippen LogP contribution is 2.24. The molecule has 1 heterocycles. The molecule has 2 aromatic rings. The fourth-order valence-corrected chi connectivity index (χ4v) is 1.86. The van der Waals surface area contributed by atoms with Gasteiger partial charge in [-0.15, -0.1) is 6.58 Å². The first-order valence-corrected chi connectivity index (χ1v) is 7.35. The van der Waals surface area contributed by atoms with Crippen molar-refractivity contribution in [3.05, 3.63) is 30.9 Å². The lowest BCUT2D eigenvalue weighted by Gasteiger charge is -2.12. The zero-order valence-electron chi connectivity index (χ0n) is 13.3. The van der Waals surface area contributed by atoms with Crippen LogP contribution in [0.4, 0.5) is 22.2 Å². The fraction of sp³-hybridized carbons (Fsp3) is 0.312. The van der Waals surface area contributed by atoms with Crippen LogP contribution in [0.3, 0.4) is 0 Å². The average Bonchev–Trinajstić information content (AvgIpc) is 2.51. The summed E-state index contributed by atoms with van der Waals surface area (Å²) in [5.41, 5.74) is 7.04. The van der Waals surface area contributed by atoms with Crippen molar-refractivity contribution in [3.8, 4) is 0 Å². The summed E-state index contributed by atoms with van der Waals surface area (Å²) in [5.74, 6) is 0.993. The molecule has 4 N–H and O–H groups in total. The van der Waals surface area contributed by atoms with Gasteiger partial charge in [0.15, 0.2) is 0 Å². The molecule has 1 aromatic heterocycles. The Morgan fingerprint density at radius 2 is 2.22 bits per heavy atom. The number of carbonyl (C=O) groups excluding carboxylic acids is 1. The molecular weight excluding hydrogens is 294 g/mol. The van der Waals surface area contributed by atoms with Crippen LogP contribution in [0.1, 0.15) is 13.8 Å². The van der Waals surface area contributed by atoms with Crippen molar-refractivity contribution in [3.63, 3.8) is 0 Å². The molecular formula is C16H21N5O2. The lowest BCUT2D eigenvalue weighted by atomic mass is 10.2. The number of fused-ring (bicyclic) bond motifs is 1. The highest BCUT2D eigenvalue weighted by molar-refractivity contribution is 5.98. The van der Waals surface area contributed by atoms with Gasteiger partial charge in [0.05, 0.1) is 12.1 Å². The van der Waals surface area contributed by atoms with Crippen molar-refractivity contribution < 1.29 is 9.53 Å². The first kappa shape index (κ1) is 16.5. The normalized spacial score (nSPS) is 10.6. The summed E-state index contributed by atoms with van der Waals surface area (Å²) in [4.78, 5) is 20.6. The van der Waals surface area contributed by atoms with Gasteiger partial charge < -0.3 is 15.8 Å². The Morgan fingerprint density at radius 1 is 1.43 bits per heavy atom. The molecule has 23 heavy (non-hydrogen) atoms. The predicted molar refractivity (Wildman–Crippen MR) is 92.4 cm³/mol. The van der Waals surface area contributed by atoms with Crippen LogP contribution in [-0.2, 0) is 4.74 Å². The molecule has 0 spiro atoms. The van der Waals surface area contributed by atoms with E-state index in [-0.39, 0.29) is 5.92 Å². The van der Waals surface area contributed by atoms with Gasteiger partial charge in [-0.2, -0.15) is 4.98 Å². The molecule has 1 amide bonds. The van der Waals surface area contributed by atoms with Crippen molar-refractivity contribution in [2.24, 2.45) is 5.92 Å². The summed E-state index contributed by atoms with van der Waals surface area (Å²) in [7, 11) is 0. The smallest absolute Gasteiger partial charge is 0.412 e. The monoisotopic (exact) mass is 315 g/mol. The third kappa shape index (κ3) is 4.57. The standard InChI is InChI=1S/C16H21N5O2/c1-4-7-18-15-19-13-6-5-11(17)8-12(13)14(20-15)21-16(22)23-9-10(2)3/h4-6,8,10H,1,7,9,17H2,2-3H3,(H2,18,19,20,21,22). The number of ether oxygens (including phenoxy) is 1. The first-order chi connectivity index (χ1) is 11.0. The topological polar surface area (TPSA) is 102 Å². The van der Waals surface area contributed by atoms with Crippen LogP contribution in [0, 0.1) is 5.92 Å². The van der Waals surface area contributed by atoms with Crippen molar-refractivity contribution >= 4 is 34.4 Å². The Hall–Kier alpha value is -2.83. The van der Waals surface area contributed by atoms with Gasteiger partial charge in [0, 0.05) is 17.6 Å². The Bertz CT molecular complexity index is 715. The maximum atomic E-state index is 11.9. The highest BCUT2D eigenvalue weighted by Gasteiger charge is 2.12. The molecule has 0 atom stereocenters. The molecule has 0 fully saturated rings. The minimum atomic E-state index is -0.559. The number of nitrogens with two attached hydrogens (primary N) is 1. The predicted octanol–water partition coefficient (Wildman–Crippen LogP) is 3.01. The number of amides is 1. The molecule has 0 saturated carbocycles. The average molecular weight is 315 g/mol. The Kier molecular flexibility index (Phi) is 5.35. The molecule has 7 nitrogen and oxygen atoms in total. The van der Waals surface area contributed by atoms with E-state index in [0.29, 0.717) is 41.5 Å². The number of rotatable bonds is 6. The number of aromatic nitrogens is 2. The minimum Gasteiger partial charge on any atom is -0.449 e. The second-order valence-electron chi connectivity index (χ2n) is 5.46. The summed E-state index contributed by atoms with van der Waals surface area (Å²) in [6.45, 7) is 8.41. The van der Waals surface area contributed by atoms with E-state index in [1.54, 1.807) is 24.3 Å². The van der Waals surface area contributed by atoms with Gasteiger partial charge in [-0.05, 0) is 24.1 Å². The number of nitrogens with one attached hydrogen (secondary N) is 2. The van der Waals surface area contributed by atoms with E-state index in [1.807, 2.05) is 13.8 Å². The summed E-state index contributed by atoms with van der Waals surface area (Å²) in [6.07, 6.45) is 1.14. The summed E-state index contributed by atoms with van der Waals surface area (Å²) in [5, 5.41) is 6.30. The molecule has 2 rings (SSSR count). The van der Waals surface area contributed by atoms with Crippen LogP contribution >= 0.6 is 0 Å². The molecule has 0 bridgehead atoms. The zero-order valence-corrected chi connectivity index (χ0v) is 13.3. The molecule has 0 unspecified atom stereocenters. The minimum absolute atomic E-state index is 0.253. The van der Waals surface area contributed by atoms with E-state index >= 15 is 0 Å². The molecule has 0 aliphatic carbocycles. The van der Waals surface area contributed by atoms with Gasteiger partial charge in [0.2, 0.25) is 5.95 Å². The summed E-state index contributed by atoms with van der Waals surface area (Å²) in [6, 6.07) is 5.23. The Morgan fingerprint density at radius 3 is 2.91 bits per heavy atom. The van der Waals surface area contributed by atoms with E-state index in [9.17, 15) is 4.79 Å². The number of nitrogens with zero attached hydrogens (tertiary/aromatic N) is 2. The largest absolute Gasteiger partial charge is 0.449 e. The summed E-state index contributed by atoms with van der Waals surface area (Å²) < 4.78 is 5.13. The van der Waals surface area contributed by atoms with Gasteiger partial charge in [-0.3, -0.25) is 5.32 Å². The number of benzene rings is 1. The maximum Gasteiger partial charge on any atom is 0.412 e. The number of carbonyl (C=O) groups is 1. The molecule has 0 aliphatic rings. The lowest BCUT2D eigenvalue weighted by molar-refractivity contribution is 0.147. The second kappa shape index (κ2) is 7.44. The van der Waals surface area contributed by atoms with Crippen molar-refractivity contribution in [1.29, 1.82) is 0 Å². The molecule has 122 valence electrons. The van der Waals surface area contributed by atoms with Crippen LogP contribution in [-0.4, -0.2) is 29.2 Å². The van der Waals surface area contributed by atoms with Gasteiger partial charge in [0.1, 0.15) is 5.82 Å². The molecule has 1 aromatic carbocycles. The maximum absolute atomic E-state index is 11.9. The van der Waals surface area contributed by atoms with E-state index < -0.39 is 6.09 Å². The number of hydrogen-bond acceptors (Lipinski definition) is 6. The molecule has 0 radical (unpaired) electrons. The third-order valence-electron chi connectivity index (χ3n) is 2.89. The van der Waals surface area contributed by atoms with Crippen molar-refractivity contribution in [2.75, 3.05) is 29.5 Å². The van der Waals surface area contributed by atoms with Crippen LogP contribution in [0.15, 0.2) is 30.9 Å². The van der Waals surface area contributed by atoms with E-state index in [1.165, 1.54) is 0 Å². The zero-order chi connectivity index (χ0) is 16.8. The van der Waals surface area contributed by atoms with E-state index in [4.69, 9.17) is 10.5 Å². The molecule has 7 heteroatoms. The quantitative estimate of drug-likeness (QED) is 0.559. The van der Waals surface area contributed by atoms with Gasteiger partial charge >= 0.3 is 6.09 Å². The van der Waals surface area contributed by atoms with Gasteiger partial charge in [-0.25, -0.2) is 9.78 Å².